The van der Waals surface area contributed by atoms with Crippen LogP contribution in [0.25, 0.3) is 11.1 Å². The van der Waals surface area contributed by atoms with Gasteiger partial charge in [0.25, 0.3) is 0 Å². The van der Waals surface area contributed by atoms with Crippen molar-refractivity contribution in [3.05, 3.63) is 59.2 Å². The van der Waals surface area contributed by atoms with Crippen molar-refractivity contribution < 1.29 is 0 Å². The molecule has 1 heterocycles. The van der Waals surface area contributed by atoms with Crippen LogP contribution in [0.1, 0.15) is 36.5 Å². The summed E-state index contributed by atoms with van der Waals surface area (Å²) in [5.41, 5.74) is 7.25. The van der Waals surface area contributed by atoms with Crippen molar-refractivity contribution in [3.8, 4) is 11.1 Å². The SMILES string of the molecule is CCCCc1cc2c(cc1-c1ccccc1)CNC2. The first-order valence-electron chi connectivity index (χ1n) is 7.29. The van der Waals surface area contributed by atoms with E-state index in [0.717, 1.165) is 13.1 Å². The van der Waals surface area contributed by atoms with Crippen molar-refractivity contribution in [2.24, 2.45) is 0 Å². The summed E-state index contributed by atoms with van der Waals surface area (Å²) in [7, 11) is 0. The van der Waals surface area contributed by atoms with Crippen LogP contribution in [0.3, 0.4) is 0 Å². The van der Waals surface area contributed by atoms with Gasteiger partial charge < -0.3 is 5.32 Å². The van der Waals surface area contributed by atoms with E-state index in [1.165, 1.54) is 47.1 Å². The minimum absolute atomic E-state index is 1.02. The maximum Gasteiger partial charge on any atom is 0.0212 e. The maximum absolute atomic E-state index is 3.45. The highest BCUT2D eigenvalue weighted by molar-refractivity contribution is 5.69. The van der Waals surface area contributed by atoms with Crippen LogP contribution in [-0.2, 0) is 19.5 Å². The van der Waals surface area contributed by atoms with Gasteiger partial charge in [-0.1, -0.05) is 49.7 Å². The van der Waals surface area contributed by atoms with Crippen LogP contribution in [0.15, 0.2) is 42.5 Å². The lowest BCUT2D eigenvalue weighted by Gasteiger charge is -2.12. The number of unbranched alkanes of at least 4 members (excludes halogenated alkanes) is 1. The zero-order valence-corrected chi connectivity index (χ0v) is 11.6. The lowest BCUT2D eigenvalue weighted by atomic mass is 9.92. The third-order valence-corrected chi connectivity index (χ3v) is 3.94. The first-order valence-corrected chi connectivity index (χ1v) is 7.29. The van der Waals surface area contributed by atoms with E-state index in [1.54, 1.807) is 0 Å². The Morgan fingerprint density at radius 1 is 1.00 bits per heavy atom. The molecule has 1 aliphatic rings. The quantitative estimate of drug-likeness (QED) is 0.854. The van der Waals surface area contributed by atoms with E-state index in [0.29, 0.717) is 0 Å². The summed E-state index contributed by atoms with van der Waals surface area (Å²) in [6.45, 7) is 4.31. The van der Waals surface area contributed by atoms with E-state index in [2.05, 4.69) is 54.7 Å². The summed E-state index contributed by atoms with van der Waals surface area (Å²) in [5.74, 6) is 0. The minimum Gasteiger partial charge on any atom is -0.309 e. The van der Waals surface area contributed by atoms with Crippen LogP contribution >= 0.6 is 0 Å². The van der Waals surface area contributed by atoms with Gasteiger partial charge in [-0.2, -0.15) is 0 Å². The van der Waals surface area contributed by atoms with E-state index in [4.69, 9.17) is 0 Å². The van der Waals surface area contributed by atoms with Gasteiger partial charge >= 0.3 is 0 Å². The van der Waals surface area contributed by atoms with Crippen LogP contribution < -0.4 is 5.32 Å². The summed E-state index contributed by atoms with van der Waals surface area (Å²) in [4.78, 5) is 0. The predicted molar refractivity (Wildman–Crippen MR) is 81.0 cm³/mol. The number of rotatable bonds is 4. The van der Waals surface area contributed by atoms with Gasteiger partial charge in [0.05, 0.1) is 0 Å². The number of hydrogen-bond donors (Lipinski definition) is 1. The second kappa shape index (κ2) is 5.58. The molecule has 3 rings (SSSR count). The molecule has 0 fully saturated rings. The molecule has 2 aromatic carbocycles. The standard InChI is InChI=1S/C18H21N/c1-2-3-7-15-10-16-12-19-13-17(16)11-18(15)14-8-5-4-6-9-14/h4-6,8-11,19H,2-3,7,12-13H2,1H3. The van der Waals surface area contributed by atoms with E-state index < -0.39 is 0 Å². The van der Waals surface area contributed by atoms with Crippen molar-refractivity contribution in [1.82, 2.24) is 5.32 Å². The molecule has 0 atom stereocenters. The fourth-order valence-corrected chi connectivity index (χ4v) is 2.86. The smallest absolute Gasteiger partial charge is 0.0212 e. The van der Waals surface area contributed by atoms with Gasteiger partial charge in [0.15, 0.2) is 0 Å². The van der Waals surface area contributed by atoms with Crippen molar-refractivity contribution in [1.29, 1.82) is 0 Å². The van der Waals surface area contributed by atoms with Crippen molar-refractivity contribution >= 4 is 0 Å². The van der Waals surface area contributed by atoms with Crippen molar-refractivity contribution in [2.45, 2.75) is 39.3 Å². The highest BCUT2D eigenvalue weighted by atomic mass is 14.9. The molecule has 19 heavy (non-hydrogen) atoms. The van der Waals surface area contributed by atoms with Gasteiger partial charge in [-0.05, 0) is 46.7 Å². The minimum atomic E-state index is 1.02. The molecule has 0 bridgehead atoms. The highest BCUT2D eigenvalue weighted by Gasteiger charge is 2.14. The first-order chi connectivity index (χ1) is 9.38. The lowest BCUT2D eigenvalue weighted by Crippen LogP contribution is -1.99. The fraction of sp³-hybridized carbons (Fsp3) is 0.333. The molecule has 1 nitrogen and oxygen atoms in total. The molecular weight excluding hydrogens is 230 g/mol. The number of fused-ring (bicyclic) bond motifs is 1. The second-order valence-electron chi connectivity index (χ2n) is 5.35. The number of benzene rings is 2. The molecule has 0 aromatic heterocycles. The Morgan fingerprint density at radius 2 is 1.74 bits per heavy atom. The van der Waals surface area contributed by atoms with Gasteiger partial charge in [-0.3, -0.25) is 0 Å². The largest absolute Gasteiger partial charge is 0.309 e. The van der Waals surface area contributed by atoms with Gasteiger partial charge in [0.1, 0.15) is 0 Å². The summed E-state index contributed by atoms with van der Waals surface area (Å²) >= 11 is 0. The Balaban J connectivity index is 2.05. The van der Waals surface area contributed by atoms with E-state index in [-0.39, 0.29) is 0 Å². The van der Waals surface area contributed by atoms with Crippen LogP contribution in [-0.4, -0.2) is 0 Å². The molecule has 0 unspecified atom stereocenters. The summed E-state index contributed by atoms with van der Waals surface area (Å²) in [6.07, 6.45) is 3.71. The zero-order chi connectivity index (χ0) is 13.1. The van der Waals surface area contributed by atoms with Gasteiger partial charge in [0.2, 0.25) is 0 Å². The molecular formula is C18H21N. The third-order valence-electron chi connectivity index (χ3n) is 3.94. The van der Waals surface area contributed by atoms with E-state index in [1.807, 2.05) is 0 Å². The monoisotopic (exact) mass is 251 g/mol. The van der Waals surface area contributed by atoms with E-state index >= 15 is 0 Å². The maximum atomic E-state index is 3.45. The summed E-state index contributed by atoms with van der Waals surface area (Å²) in [5, 5.41) is 3.45. The molecule has 1 N–H and O–H groups in total. The Morgan fingerprint density at radius 3 is 2.47 bits per heavy atom. The Bertz CT molecular complexity index is 557. The Kier molecular flexibility index (Phi) is 3.65. The van der Waals surface area contributed by atoms with Gasteiger partial charge in [0, 0.05) is 13.1 Å². The molecule has 0 saturated carbocycles. The third kappa shape index (κ3) is 2.57. The number of hydrogen-bond acceptors (Lipinski definition) is 1. The number of aryl methyl sites for hydroxylation is 1. The normalized spacial score (nSPS) is 13.5. The Labute approximate surface area is 115 Å². The zero-order valence-electron chi connectivity index (χ0n) is 11.6. The van der Waals surface area contributed by atoms with Crippen LogP contribution in [0.4, 0.5) is 0 Å². The predicted octanol–water partition coefficient (Wildman–Crippen LogP) is 4.30. The summed E-state index contributed by atoms with van der Waals surface area (Å²) in [6, 6.07) is 15.6. The topological polar surface area (TPSA) is 12.0 Å². The van der Waals surface area contributed by atoms with Gasteiger partial charge in [-0.25, -0.2) is 0 Å². The molecule has 0 aliphatic carbocycles. The molecule has 0 amide bonds. The molecule has 2 aromatic rings. The first kappa shape index (κ1) is 12.4. The average Bonchev–Trinajstić information content (AvgIpc) is 2.92. The lowest BCUT2D eigenvalue weighted by molar-refractivity contribution is 0.764. The molecule has 0 saturated heterocycles. The molecule has 1 heteroatoms. The fourth-order valence-electron chi connectivity index (χ4n) is 2.86. The van der Waals surface area contributed by atoms with Gasteiger partial charge in [-0.15, -0.1) is 0 Å². The van der Waals surface area contributed by atoms with E-state index in [9.17, 15) is 0 Å². The second-order valence-corrected chi connectivity index (χ2v) is 5.35. The molecule has 0 spiro atoms. The molecule has 98 valence electrons. The van der Waals surface area contributed by atoms with Crippen molar-refractivity contribution in [2.75, 3.05) is 0 Å². The summed E-state index contributed by atoms with van der Waals surface area (Å²) < 4.78 is 0. The van der Waals surface area contributed by atoms with Crippen molar-refractivity contribution in [3.63, 3.8) is 0 Å². The Hall–Kier alpha value is -1.60. The van der Waals surface area contributed by atoms with Crippen LogP contribution in [0, 0.1) is 0 Å². The molecule has 0 radical (unpaired) electrons. The average molecular weight is 251 g/mol. The van der Waals surface area contributed by atoms with Crippen LogP contribution in [0.2, 0.25) is 0 Å². The van der Waals surface area contributed by atoms with Crippen LogP contribution in [0.5, 0.6) is 0 Å². The highest BCUT2D eigenvalue weighted by Crippen LogP contribution is 2.30. The molecule has 1 aliphatic heterocycles. The number of nitrogens with one attached hydrogen (secondary N) is 1.